The summed E-state index contributed by atoms with van der Waals surface area (Å²) in [5.41, 5.74) is 0. The molecule has 0 aromatic heterocycles. The number of quaternary nitrogens is 1. The Kier molecular flexibility index (Phi) is 61.8. The molecular formula is C76H126NO8P. The molecule has 0 aliphatic heterocycles. The monoisotopic (exact) mass is 1210 g/mol. The molecule has 0 aliphatic rings. The maximum absolute atomic E-state index is 12.8. The summed E-state index contributed by atoms with van der Waals surface area (Å²) in [6.45, 7) is 4.09. The fourth-order valence-electron chi connectivity index (χ4n) is 8.81. The van der Waals surface area contributed by atoms with Crippen molar-refractivity contribution in [2.45, 2.75) is 264 Å². The summed E-state index contributed by atoms with van der Waals surface area (Å²) in [5.74, 6) is -0.858. The maximum atomic E-state index is 12.8. The van der Waals surface area contributed by atoms with Gasteiger partial charge >= 0.3 is 11.9 Å². The third-order valence-electron chi connectivity index (χ3n) is 14.0. The average molecular weight is 1210 g/mol. The van der Waals surface area contributed by atoms with Crippen molar-refractivity contribution in [3.63, 3.8) is 0 Å². The molecule has 0 aromatic carbocycles. The lowest BCUT2D eigenvalue weighted by atomic mass is 10.1. The highest BCUT2D eigenvalue weighted by molar-refractivity contribution is 7.45. The van der Waals surface area contributed by atoms with Gasteiger partial charge in [-0.15, -0.1) is 0 Å². The van der Waals surface area contributed by atoms with Crippen molar-refractivity contribution in [3.05, 3.63) is 158 Å². The standard InChI is InChI=1S/C76H126NO8P/c1-6-8-10-12-14-16-18-20-22-24-26-28-29-30-31-32-33-34-35-36-37-38-39-40-41-42-43-44-45-46-47-49-51-53-55-57-59-61-63-65-67-69-76(79)85-74(73-84-86(80,81)83-71-70-77(3,4)5)72-82-75(78)68-66-64-62-60-58-56-54-52-50-48-27-25-23-21-19-17-15-13-11-9-7-2/h8,10,14,16,19-22,25-28,30-31,33-34,36-37,39-40,42-43,45-46,49,51,74H,6-7,9,11-13,15,17-18,23-24,29,32,35,38,41,44,47-48,50,52-73H2,1-5H3/b10-8-,16-14-,21-19-,22-20-,27-25-,28-26-,31-30-,34-33-,37-36-,40-39-,43-42-,46-45-,51-49-. The molecule has 0 radical (unpaired) electrons. The van der Waals surface area contributed by atoms with Crippen LogP contribution in [0, 0.1) is 0 Å². The van der Waals surface area contributed by atoms with Crippen LogP contribution in [-0.2, 0) is 32.7 Å². The second kappa shape index (κ2) is 65.1. The fourth-order valence-corrected chi connectivity index (χ4v) is 9.54. The number of phosphoric ester groups is 1. The first-order chi connectivity index (χ1) is 42.0. The molecule has 0 rings (SSSR count). The zero-order valence-electron chi connectivity index (χ0n) is 55.4. The largest absolute Gasteiger partial charge is 0.756 e. The van der Waals surface area contributed by atoms with E-state index < -0.39 is 32.5 Å². The Hall–Kier alpha value is -4.37. The number of nitrogens with zero attached hydrogens (tertiary/aromatic N) is 1. The molecule has 0 saturated carbocycles. The molecule has 0 aromatic rings. The first-order valence-corrected chi connectivity index (χ1v) is 35.7. The predicted molar refractivity (Wildman–Crippen MR) is 369 cm³/mol. The van der Waals surface area contributed by atoms with E-state index in [2.05, 4.69) is 172 Å². The molecule has 0 amide bonds. The zero-order valence-corrected chi connectivity index (χ0v) is 56.3. The molecular weight excluding hydrogens is 1090 g/mol. The van der Waals surface area contributed by atoms with Gasteiger partial charge in [0.15, 0.2) is 6.10 Å². The average Bonchev–Trinajstić information content (AvgIpc) is 3.70. The third-order valence-corrected chi connectivity index (χ3v) is 15.0. The van der Waals surface area contributed by atoms with Crippen LogP contribution in [0.5, 0.6) is 0 Å². The summed E-state index contributed by atoms with van der Waals surface area (Å²) >= 11 is 0. The van der Waals surface area contributed by atoms with Gasteiger partial charge in [-0.3, -0.25) is 14.2 Å². The van der Waals surface area contributed by atoms with Gasteiger partial charge in [0.25, 0.3) is 7.82 Å². The van der Waals surface area contributed by atoms with E-state index in [1.165, 1.54) is 83.5 Å². The molecule has 0 N–H and O–H groups in total. The number of esters is 2. The van der Waals surface area contributed by atoms with Crippen LogP contribution in [0.15, 0.2) is 158 Å². The van der Waals surface area contributed by atoms with Gasteiger partial charge in [-0.25, -0.2) is 0 Å². The lowest BCUT2D eigenvalue weighted by molar-refractivity contribution is -0.870. The Balaban J connectivity index is 4.15. The van der Waals surface area contributed by atoms with Gasteiger partial charge in [0, 0.05) is 12.8 Å². The molecule has 0 bridgehead atoms. The number of ether oxygens (including phenoxy) is 2. The SMILES string of the molecule is CC/C=C\C/C=C\C/C=C\C/C=C\C/C=C\C/C=C\C/C=C\C/C=C\C/C=C\C/C=C\C/C=C\CCCCCCCCCC(=O)OC(COC(=O)CCCCCCCCCCC/C=C\C/C=C\CCCCCCC)COP(=O)([O-])OCC[N+](C)(C)C. The van der Waals surface area contributed by atoms with Gasteiger partial charge in [0.1, 0.15) is 19.8 Å². The minimum atomic E-state index is -4.65. The second-order valence-electron chi connectivity index (χ2n) is 23.5. The maximum Gasteiger partial charge on any atom is 0.306 e. The summed E-state index contributed by atoms with van der Waals surface area (Å²) in [7, 11) is 1.14. The minimum Gasteiger partial charge on any atom is -0.756 e. The lowest BCUT2D eigenvalue weighted by Gasteiger charge is -2.28. The summed E-state index contributed by atoms with van der Waals surface area (Å²) in [5, 5.41) is 0. The van der Waals surface area contributed by atoms with Gasteiger partial charge in [-0.05, 0) is 128 Å². The number of allylic oxidation sites excluding steroid dienone is 26. The number of unbranched alkanes of at least 4 members (excludes halogenated alkanes) is 21. The van der Waals surface area contributed by atoms with Crippen molar-refractivity contribution in [3.8, 4) is 0 Å². The first-order valence-electron chi connectivity index (χ1n) is 34.2. The van der Waals surface area contributed by atoms with Crippen LogP contribution in [0.3, 0.4) is 0 Å². The second-order valence-corrected chi connectivity index (χ2v) is 24.9. The van der Waals surface area contributed by atoms with Crippen molar-refractivity contribution < 1.29 is 42.1 Å². The van der Waals surface area contributed by atoms with E-state index in [0.717, 1.165) is 141 Å². The number of carbonyl (C=O) groups is 2. The van der Waals surface area contributed by atoms with Crippen LogP contribution >= 0.6 is 7.82 Å². The summed E-state index contributed by atoms with van der Waals surface area (Å²) in [6, 6.07) is 0. The number of carbonyl (C=O) groups excluding carboxylic acids is 2. The Morgan fingerprint density at radius 3 is 0.988 bits per heavy atom. The zero-order chi connectivity index (χ0) is 62.6. The Morgan fingerprint density at radius 1 is 0.372 bits per heavy atom. The van der Waals surface area contributed by atoms with E-state index in [9.17, 15) is 19.0 Å². The number of rotatable bonds is 61. The molecule has 0 fully saturated rings. The van der Waals surface area contributed by atoms with Crippen LogP contribution in [-0.4, -0.2) is 70.0 Å². The minimum absolute atomic E-state index is 0.0415. The van der Waals surface area contributed by atoms with Gasteiger partial charge in [-0.1, -0.05) is 275 Å². The summed E-state index contributed by atoms with van der Waals surface area (Å²) < 4.78 is 34.2. The quantitative estimate of drug-likeness (QED) is 0.0195. The third kappa shape index (κ3) is 68.7. The Labute approximate surface area is 528 Å². The molecule has 2 atom stereocenters. The van der Waals surface area contributed by atoms with Crippen molar-refractivity contribution in [2.24, 2.45) is 0 Å². The number of hydrogen-bond donors (Lipinski definition) is 0. The molecule has 0 saturated heterocycles. The highest BCUT2D eigenvalue weighted by atomic mass is 31.2. The van der Waals surface area contributed by atoms with Crippen LogP contribution in [0.2, 0.25) is 0 Å². The number of likely N-dealkylation sites (N-methyl/N-ethyl adjacent to an activating group) is 1. The number of hydrogen-bond acceptors (Lipinski definition) is 8. The lowest BCUT2D eigenvalue weighted by Crippen LogP contribution is -2.37. The molecule has 2 unspecified atom stereocenters. The van der Waals surface area contributed by atoms with Gasteiger partial charge in [-0.2, -0.15) is 0 Å². The normalized spacial score (nSPS) is 14.2. The van der Waals surface area contributed by atoms with E-state index in [-0.39, 0.29) is 26.1 Å². The van der Waals surface area contributed by atoms with Gasteiger partial charge < -0.3 is 27.9 Å². The number of phosphoric acid groups is 1. The van der Waals surface area contributed by atoms with Gasteiger partial charge in [0.2, 0.25) is 0 Å². The topological polar surface area (TPSA) is 111 Å². The van der Waals surface area contributed by atoms with Crippen LogP contribution in [0.25, 0.3) is 0 Å². The van der Waals surface area contributed by atoms with Crippen molar-refractivity contribution in [1.82, 2.24) is 0 Å². The molecule has 10 heteroatoms. The Morgan fingerprint density at radius 2 is 0.663 bits per heavy atom. The van der Waals surface area contributed by atoms with E-state index in [1.807, 2.05) is 21.1 Å². The molecule has 488 valence electrons. The van der Waals surface area contributed by atoms with E-state index in [4.69, 9.17) is 18.5 Å². The van der Waals surface area contributed by atoms with Gasteiger partial charge in [0.05, 0.1) is 27.7 Å². The predicted octanol–water partition coefficient (Wildman–Crippen LogP) is 21.7. The fraction of sp³-hybridized carbons (Fsp3) is 0.632. The first kappa shape index (κ1) is 81.6. The highest BCUT2D eigenvalue weighted by Crippen LogP contribution is 2.38. The van der Waals surface area contributed by atoms with E-state index in [0.29, 0.717) is 17.4 Å². The molecule has 9 nitrogen and oxygen atoms in total. The smallest absolute Gasteiger partial charge is 0.306 e. The van der Waals surface area contributed by atoms with Crippen LogP contribution in [0.4, 0.5) is 0 Å². The molecule has 0 aliphatic carbocycles. The summed E-state index contributed by atoms with van der Waals surface area (Å²) in [6.07, 6.45) is 97.4. The highest BCUT2D eigenvalue weighted by Gasteiger charge is 2.22. The van der Waals surface area contributed by atoms with Crippen LogP contribution in [0.1, 0.15) is 258 Å². The Bertz CT molecular complexity index is 2010. The van der Waals surface area contributed by atoms with E-state index in [1.54, 1.807) is 0 Å². The van der Waals surface area contributed by atoms with E-state index >= 15 is 0 Å². The molecule has 86 heavy (non-hydrogen) atoms. The van der Waals surface area contributed by atoms with Crippen molar-refractivity contribution in [1.29, 1.82) is 0 Å². The van der Waals surface area contributed by atoms with Crippen molar-refractivity contribution >= 4 is 19.8 Å². The molecule has 0 spiro atoms. The van der Waals surface area contributed by atoms with Crippen LogP contribution < -0.4 is 4.89 Å². The summed E-state index contributed by atoms with van der Waals surface area (Å²) in [4.78, 5) is 38.0. The van der Waals surface area contributed by atoms with Crippen molar-refractivity contribution in [2.75, 3.05) is 47.5 Å². The molecule has 0 heterocycles.